The van der Waals surface area contributed by atoms with Crippen LogP contribution in [0.25, 0.3) is 0 Å². The normalized spacial score (nSPS) is 10.7. The highest BCUT2D eigenvalue weighted by atomic mass is 127. The summed E-state index contributed by atoms with van der Waals surface area (Å²) in [6, 6.07) is 7.51. The second kappa shape index (κ2) is 13.1. The Kier molecular flexibility index (Phi) is 12.4. The third-order valence-corrected chi connectivity index (χ3v) is 3.06. The minimum atomic E-state index is -0.0831. The van der Waals surface area contributed by atoms with Gasteiger partial charge in [0.25, 0.3) is 5.91 Å². The van der Waals surface area contributed by atoms with Crippen LogP contribution in [0.2, 0.25) is 0 Å². The lowest BCUT2D eigenvalue weighted by Gasteiger charge is -2.12. The Hall–Kier alpha value is -1.35. The Morgan fingerprint density at radius 3 is 2.74 bits per heavy atom. The zero-order valence-corrected chi connectivity index (χ0v) is 16.3. The molecular weight excluding hydrogens is 407 g/mol. The molecule has 0 spiro atoms. The maximum atomic E-state index is 11.6. The number of rotatable bonds is 8. The molecule has 130 valence electrons. The van der Waals surface area contributed by atoms with Crippen molar-refractivity contribution in [3.05, 3.63) is 35.4 Å². The molecule has 0 radical (unpaired) electrons. The van der Waals surface area contributed by atoms with E-state index in [-0.39, 0.29) is 29.9 Å². The van der Waals surface area contributed by atoms with Gasteiger partial charge in [0.15, 0.2) is 5.96 Å². The van der Waals surface area contributed by atoms with Crippen LogP contribution >= 0.6 is 24.0 Å². The molecule has 1 aromatic carbocycles. The number of carbonyl (C=O) groups is 1. The largest absolute Gasteiger partial charge is 0.382 e. The molecule has 23 heavy (non-hydrogen) atoms. The van der Waals surface area contributed by atoms with E-state index in [1.54, 1.807) is 20.2 Å². The summed E-state index contributed by atoms with van der Waals surface area (Å²) in [7, 11) is 3.36. The topological polar surface area (TPSA) is 74.8 Å². The molecule has 0 saturated carbocycles. The molecule has 0 fully saturated rings. The number of ether oxygens (including phenoxy) is 1. The zero-order chi connectivity index (χ0) is 16.2. The fourth-order valence-corrected chi connectivity index (χ4v) is 1.90. The smallest absolute Gasteiger partial charge is 0.251 e. The fourth-order valence-electron chi connectivity index (χ4n) is 1.90. The van der Waals surface area contributed by atoms with Crippen molar-refractivity contribution in [1.82, 2.24) is 16.0 Å². The van der Waals surface area contributed by atoms with Gasteiger partial charge in [-0.2, -0.15) is 0 Å². The molecule has 0 atom stereocenters. The summed E-state index contributed by atoms with van der Waals surface area (Å²) in [6.45, 7) is 4.89. The summed E-state index contributed by atoms with van der Waals surface area (Å²) in [5.74, 6) is 0.655. The number of amides is 1. The molecule has 1 amide bonds. The van der Waals surface area contributed by atoms with E-state index < -0.39 is 0 Å². The van der Waals surface area contributed by atoms with Crippen molar-refractivity contribution < 1.29 is 9.53 Å². The van der Waals surface area contributed by atoms with Crippen molar-refractivity contribution in [2.75, 3.05) is 33.9 Å². The third kappa shape index (κ3) is 8.75. The van der Waals surface area contributed by atoms with Gasteiger partial charge in [0, 0.05) is 46.0 Å². The Morgan fingerprint density at radius 2 is 2.09 bits per heavy atom. The first-order valence-electron chi connectivity index (χ1n) is 7.54. The van der Waals surface area contributed by atoms with Gasteiger partial charge in [0.05, 0.1) is 0 Å². The first kappa shape index (κ1) is 21.6. The molecule has 0 aliphatic heterocycles. The lowest BCUT2D eigenvalue weighted by molar-refractivity contribution is 0.0963. The van der Waals surface area contributed by atoms with Crippen molar-refractivity contribution >= 4 is 35.8 Å². The van der Waals surface area contributed by atoms with E-state index in [1.165, 1.54) is 0 Å². The van der Waals surface area contributed by atoms with E-state index in [9.17, 15) is 4.79 Å². The van der Waals surface area contributed by atoms with Gasteiger partial charge >= 0.3 is 0 Å². The number of carbonyl (C=O) groups excluding carboxylic acids is 1. The van der Waals surface area contributed by atoms with E-state index in [0.717, 1.165) is 37.7 Å². The maximum absolute atomic E-state index is 11.6. The number of halogens is 1. The number of guanidine groups is 1. The lowest BCUT2D eigenvalue weighted by Crippen LogP contribution is -2.37. The van der Waals surface area contributed by atoms with Crippen molar-refractivity contribution in [3.8, 4) is 0 Å². The molecule has 0 bridgehead atoms. The Balaban J connectivity index is 0.00000484. The van der Waals surface area contributed by atoms with Crippen molar-refractivity contribution in [2.24, 2.45) is 4.99 Å². The van der Waals surface area contributed by atoms with Gasteiger partial charge in [0.1, 0.15) is 0 Å². The minimum absolute atomic E-state index is 0. The highest BCUT2D eigenvalue weighted by Crippen LogP contribution is 2.05. The van der Waals surface area contributed by atoms with E-state index in [0.29, 0.717) is 12.1 Å². The average molecular weight is 434 g/mol. The van der Waals surface area contributed by atoms with Gasteiger partial charge < -0.3 is 20.7 Å². The molecule has 7 heteroatoms. The van der Waals surface area contributed by atoms with Gasteiger partial charge in [-0.25, -0.2) is 0 Å². The van der Waals surface area contributed by atoms with Crippen LogP contribution < -0.4 is 16.0 Å². The van der Waals surface area contributed by atoms with Crippen molar-refractivity contribution in [3.63, 3.8) is 0 Å². The van der Waals surface area contributed by atoms with Gasteiger partial charge in [-0.3, -0.25) is 9.79 Å². The first-order chi connectivity index (χ1) is 10.7. The fraction of sp³-hybridized carbons (Fsp3) is 0.500. The van der Waals surface area contributed by atoms with E-state index in [4.69, 9.17) is 4.74 Å². The van der Waals surface area contributed by atoms with E-state index >= 15 is 0 Å². The summed E-state index contributed by atoms with van der Waals surface area (Å²) in [6.07, 6.45) is 0.931. The molecule has 0 unspecified atom stereocenters. The second-order valence-electron chi connectivity index (χ2n) is 4.68. The van der Waals surface area contributed by atoms with Crippen LogP contribution in [0.5, 0.6) is 0 Å². The van der Waals surface area contributed by atoms with Crippen LogP contribution in [0.1, 0.15) is 29.3 Å². The predicted molar refractivity (Wildman–Crippen MR) is 105 cm³/mol. The molecule has 0 aromatic heterocycles. The monoisotopic (exact) mass is 434 g/mol. The second-order valence-corrected chi connectivity index (χ2v) is 4.68. The van der Waals surface area contributed by atoms with Crippen LogP contribution in [0.15, 0.2) is 29.3 Å². The summed E-state index contributed by atoms with van der Waals surface area (Å²) in [5.41, 5.74) is 1.68. The predicted octanol–water partition coefficient (Wildman–Crippen LogP) is 1.76. The number of hydrogen-bond acceptors (Lipinski definition) is 3. The number of hydrogen-bond donors (Lipinski definition) is 3. The minimum Gasteiger partial charge on any atom is -0.382 e. The van der Waals surface area contributed by atoms with E-state index in [1.807, 2.05) is 25.1 Å². The molecular formula is C16H27IN4O2. The average Bonchev–Trinajstić information content (AvgIpc) is 2.57. The highest BCUT2D eigenvalue weighted by Gasteiger charge is 2.04. The number of aliphatic imine (C=N–C) groups is 1. The standard InChI is InChI=1S/C16H26N4O2.HI/c1-4-22-10-6-9-19-16(18-3)20-12-13-7-5-8-14(11-13)15(21)17-2;/h5,7-8,11H,4,6,9-10,12H2,1-3H3,(H,17,21)(H2,18,19,20);1H. The lowest BCUT2D eigenvalue weighted by atomic mass is 10.1. The first-order valence-corrected chi connectivity index (χ1v) is 7.54. The highest BCUT2D eigenvalue weighted by molar-refractivity contribution is 14.0. The summed E-state index contributed by atoms with van der Waals surface area (Å²) >= 11 is 0. The molecule has 0 aliphatic rings. The molecule has 0 saturated heterocycles. The van der Waals surface area contributed by atoms with Crippen LogP contribution in [0, 0.1) is 0 Å². The summed E-state index contributed by atoms with van der Waals surface area (Å²) in [5, 5.41) is 9.08. The number of benzene rings is 1. The van der Waals surface area contributed by atoms with Gasteiger partial charge in [-0.05, 0) is 31.0 Å². The Morgan fingerprint density at radius 1 is 1.30 bits per heavy atom. The van der Waals surface area contributed by atoms with Gasteiger partial charge in [-0.1, -0.05) is 12.1 Å². The quantitative estimate of drug-likeness (QED) is 0.252. The zero-order valence-electron chi connectivity index (χ0n) is 14.0. The Bertz CT molecular complexity index is 495. The summed E-state index contributed by atoms with van der Waals surface area (Å²) in [4.78, 5) is 15.8. The summed E-state index contributed by atoms with van der Waals surface area (Å²) < 4.78 is 5.29. The van der Waals surface area contributed by atoms with Crippen molar-refractivity contribution in [2.45, 2.75) is 19.9 Å². The van der Waals surface area contributed by atoms with Crippen molar-refractivity contribution in [1.29, 1.82) is 0 Å². The van der Waals surface area contributed by atoms with Crippen LogP contribution in [0.3, 0.4) is 0 Å². The molecule has 0 heterocycles. The maximum Gasteiger partial charge on any atom is 0.251 e. The third-order valence-electron chi connectivity index (χ3n) is 3.06. The molecule has 6 nitrogen and oxygen atoms in total. The van der Waals surface area contributed by atoms with Crippen LogP contribution in [0.4, 0.5) is 0 Å². The van der Waals surface area contributed by atoms with E-state index in [2.05, 4.69) is 20.9 Å². The van der Waals surface area contributed by atoms with Gasteiger partial charge in [-0.15, -0.1) is 24.0 Å². The molecule has 1 rings (SSSR count). The molecule has 1 aromatic rings. The number of nitrogens with zero attached hydrogens (tertiary/aromatic N) is 1. The van der Waals surface area contributed by atoms with Gasteiger partial charge in [0.2, 0.25) is 0 Å². The van der Waals surface area contributed by atoms with Crippen LogP contribution in [-0.4, -0.2) is 45.7 Å². The SMILES string of the molecule is CCOCCCNC(=NC)NCc1cccc(C(=O)NC)c1.I. The molecule has 0 aliphatic carbocycles. The Labute approximate surface area is 155 Å². The number of nitrogens with one attached hydrogen (secondary N) is 3. The molecule has 3 N–H and O–H groups in total. The van der Waals surface area contributed by atoms with Crippen LogP contribution in [-0.2, 0) is 11.3 Å².